The van der Waals surface area contributed by atoms with Crippen LogP contribution in [0.2, 0.25) is 0 Å². The molecule has 0 radical (unpaired) electrons. The second-order valence-corrected chi connectivity index (χ2v) is 6.13. The van der Waals surface area contributed by atoms with E-state index in [2.05, 4.69) is 0 Å². The fourth-order valence-electron chi connectivity index (χ4n) is 2.46. The van der Waals surface area contributed by atoms with Crippen molar-refractivity contribution in [2.24, 2.45) is 0 Å². The first-order valence-corrected chi connectivity index (χ1v) is 6.04. The van der Waals surface area contributed by atoms with Crippen molar-refractivity contribution in [3.63, 3.8) is 0 Å². The highest BCUT2D eigenvalue weighted by molar-refractivity contribution is 7.86. The summed E-state index contributed by atoms with van der Waals surface area (Å²) in [7, 11) is -0.627. The molecule has 2 unspecified atom stereocenters. The molecule has 2 aliphatic rings. The Bertz CT molecular complexity index is 199. The lowest BCUT2D eigenvalue weighted by Gasteiger charge is -2.34. The van der Waals surface area contributed by atoms with E-state index >= 15 is 0 Å². The molecule has 1 N–H and O–H groups in total. The summed E-state index contributed by atoms with van der Waals surface area (Å²) in [6.07, 6.45) is 4.50. The quantitative estimate of drug-likeness (QED) is 0.671. The van der Waals surface area contributed by atoms with Crippen LogP contribution in [0.5, 0.6) is 0 Å². The van der Waals surface area contributed by atoms with E-state index in [1.165, 1.54) is 0 Å². The van der Waals surface area contributed by atoms with Crippen molar-refractivity contribution in [3.8, 4) is 0 Å². The molecule has 70 valence electrons. The van der Waals surface area contributed by atoms with Crippen LogP contribution in [0.1, 0.15) is 39.0 Å². The van der Waals surface area contributed by atoms with E-state index in [9.17, 15) is 9.32 Å². The second kappa shape index (κ2) is 2.81. The lowest BCUT2D eigenvalue weighted by molar-refractivity contribution is 0.0190. The van der Waals surface area contributed by atoms with Crippen molar-refractivity contribution < 1.29 is 9.32 Å². The zero-order valence-corrected chi connectivity index (χ0v) is 8.27. The number of hydrogen-bond donors (Lipinski definition) is 1. The molecule has 2 heterocycles. The van der Waals surface area contributed by atoms with Gasteiger partial charge in [-0.25, -0.2) is 0 Å². The second-order valence-electron chi connectivity index (χ2n) is 4.14. The van der Waals surface area contributed by atoms with E-state index in [4.69, 9.17) is 0 Å². The third kappa shape index (κ3) is 1.23. The summed E-state index contributed by atoms with van der Waals surface area (Å²) < 4.78 is 11.6. The van der Waals surface area contributed by atoms with Gasteiger partial charge in [-0.05, 0) is 32.1 Å². The smallest absolute Gasteiger partial charge is 0.0668 e. The van der Waals surface area contributed by atoms with Crippen molar-refractivity contribution >= 4 is 10.8 Å². The maximum Gasteiger partial charge on any atom is 0.0668 e. The zero-order chi connectivity index (χ0) is 8.77. The summed E-state index contributed by atoms with van der Waals surface area (Å²) in [5, 5.41) is 10.6. The fourth-order valence-corrected chi connectivity index (χ4v) is 4.69. The van der Waals surface area contributed by atoms with E-state index < -0.39 is 16.4 Å². The van der Waals surface area contributed by atoms with Crippen molar-refractivity contribution in [1.29, 1.82) is 0 Å². The minimum Gasteiger partial charge on any atom is -0.390 e. The third-order valence-electron chi connectivity index (χ3n) is 3.34. The average molecular weight is 188 g/mol. The van der Waals surface area contributed by atoms with E-state index in [1.807, 2.05) is 6.92 Å². The molecule has 0 aromatic heterocycles. The Morgan fingerprint density at radius 2 is 1.92 bits per heavy atom. The minimum atomic E-state index is -0.627. The maximum absolute atomic E-state index is 11.6. The number of fused-ring (bicyclic) bond motifs is 2. The number of rotatable bonds is 1. The van der Waals surface area contributed by atoms with Crippen LogP contribution in [-0.2, 0) is 10.8 Å². The van der Waals surface area contributed by atoms with Gasteiger partial charge >= 0.3 is 0 Å². The monoisotopic (exact) mass is 188 g/mol. The van der Waals surface area contributed by atoms with Crippen LogP contribution in [0.15, 0.2) is 0 Å². The molecular weight excluding hydrogens is 172 g/mol. The summed E-state index contributed by atoms with van der Waals surface area (Å²) in [4.78, 5) is 0. The normalized spacial score (nSPS) is 52.7. The van der Waals surface area contributed by atoms with Gasteiger partial charge in [0.15, 0.2) is 0 Å². The zero-order valence-electron chi connectivity index (χ0n) is 7.45. The lowest BCUT2D eigenvalue weighted by Crippen LogP contribution is -2.41. The number of aliphatic hydroxyl groups is 1. The molecule has 12 heavy (non-hydrogen) atoms. The fraction of sp³-hybridized carbons (Fsp3) is 1.00. The van der Waals surface area contributed by atoms with Crippen molar-refractivity contribution in [2.75, 3.05) is 0 Å². The molecule has 0 saturated carbocycles. The summed E-state index contributed by atoms with van der Waals surface area (Å²) in [6.45, 7) is 2.02. The Balaban J connectivity index is 2.17. The lowest BCUT2D eigenvalue weighted by atomic mass is 9.91. The molecule has 2 rings (SSSR count). The van der Waals surface area contributed by atoms with Crippen molar-refractivity contribution in [3.05, 3.63) is 0 Å². The first-order valence-electron chi connectivity index (χ1n) is 4.76. The van der Waals surface area contributed by atoms with Gasteiger partial charge in [0, 0.05) is 21.3 Å². The molecule has 2 nitrogen and oxygen atoms in total. The first-order chi connectivity index (χ1) is 5.64. The van der Waals surface area contributed by atoms with Crippen molar-refractivity contribution in [1.82, 2.24) is 0 Å². The molecular formula is C9H16O2S. The van der Waals surface area contributed by atoms with Crippen LogP contribution >= 0.6 is 0 Å². The summed E-state index contributed by atoms with van der Waals surface area (Å²) in [5.41, 5.74) is -0.486. The highest BCUT2D eigenvalue weighted by Gasteiger charge is 2.46. The van der Waals surface area contributed by atoms with E-state index in [-0.39, 0.29) is 0 Å². The molecule has 0 aliphatic carbocycles. The van der Waals surface area contributed by atoms with E-state index in [0.717, 1.165) is 32.1 Å². The Morgan fingerprint density at radius 3 is 2.33 bits per heavy atom. The molecule has 0 aromatic rings. The van der Waals surface area contributed by atoms with E-state index in [0.29, 0.717) is 10.5 Å². The molecule has 2 atom stereocenters. The van der Waals surface area contributed by atoms with Gasteiger partial charge in [-0.2, -0.15) is 0 Å². The van der Waals surface area contributed by atoms with Gasteiger partial charge in [-0.3, -0.25) is 4.21 Å². The molecule has 2 bridgehead atoms. The van der Waals surface area contributed by atoms with Crippen LogP contribution in [-0.4, -0.2) is 25.4 Å². The first kappa shape index (κ1) is 8.70. The van der Waals surface area contributed by atoms with Crippen LogP contribution in [0.3, 0.4) is 0 Å². The highest BCUT2D eigenvalue weighted by Crippen LogP contribution is 2.41. The topological polar surface area (TPSA) is 37.3 Å². The Morgan fingerprint density at radius 1 is 1.42 bits per heavy atom. The van der Waals surface area contributed by atoms with Gasteiger partial charge in [-0.15, -0.1) is 0 Å². The van der Waals surface area contributed by atoms with Gasteiger partial charge in [0.2, 0.25) is 0 Å². The SMILES string of the molecule is CCC1(O)CC2CCC(C1)S2=O. The van der Waals surface area contributed by atoms with Gasteiger partial charge in [-0.1, -0.05) is 6.92 Å². The molecule has 0 aromatic carbocycles. The highest BCUT2D eigenvalue weighted by atomic mass is 32.2. The van der Waals surface area contributed by atoms with Gasteiger partial charge in [0.1, 0.15) is 0 Å². The average Bonchev–Trinajstić information content (AvgIpc) is 2.32. The Labute approximate surface area is 75.8 Å². The van der Waals surface area contributed by atoms with E-state index in [1.54, 1.807) is 0 Å². The largest absolute Gasteiger partial charge is 0.390 e. The molecule has 0 spiro atoms. The van der Waals surface area contributed by atoms with Crippen molar-refractivity contribution in [2.45, 2.75) is 55.1 Å². The van der Waals surface area contributed by atoms with Gasteiger partial charge in [0.05, 0.1) is 5.60 Å². The molecule has 3 heteroatoms. The van der Waals surface area contributed by atoms with Crippen LogP contribution < -0.4 is 0 Å². The third-order valence-corrected chi connectivity index (χ3v) is 5.46. The van der Waals surface area contributed by atoms with Crippen LogP contribution in [0, 0.1) is 0 Å². The summed E-state index contributed by atoms with van der Waals surface area (Å²) >= 11 is 0. The summed E-state index contributed by atoms with van der Waals surface area (Å²) in [6, 6.07) is 0. The Kier molecular flexibility index (Phi) is 2.04. The van der Waals surface area contributed by atoms with Gasteiger partial charge < -0.3 is 5.11 Å². The Hall–Kier alpha value is 0.110. The maximum atomic E-state index is 11.6. The number of hydrogen-bond acceptors (Lipinski definition) is 2. The molecule has 2 fully saturated rings. The predicted molar refractivity (Wildman–Crippen MR) is 49.4 cm³/mol. The predicted octanol–water partition coefficient (Wildman–Crippen LogP) is 1.20. The summed E-state index contributed by atoms with van der Waals surface area (Å²) in [5.74, 6) is 0. The van der Waals surface area contributed by atoms with Gasteiger partial charge in [0.25, 0.3) is 0 Å². The molecule has 2 saturated heterocycles. The standard InChI is InChI=1S/C9H16O2S/c1-2-9(10)5-7-3-4-8(6-9)12(7)11/h7-8,10H,2-6H2,1H3. The van der Waals surface area contributed by atoms with Crippen LogP contribution in [0.25, 0.3) is 0 Å². The molecule has 2 aliphatic heterocycles. The minimum absolute atomic E-state index is 0.300. The molecule has 0 amide bonds. The van der Waals surface area contributed by atoms with Crippen LogP contribution in [0.4, 0.5) is 0 Å².